The standard InChI is InChI=1S/C12H17BrN2OS/c13-9-5-11(17-8-9)6-15(7-12(14)16)10-3-1-2-4-10/h5,8,10H,1-4,6-7H2,(H2,14,16). The lowest BCUT2D eigenvalue weighted by molar-refractivity contribution is -0.119. The molecule has 0 aliphatic heterocycles. The Kier molecular flexibility index (Phi) is 4.59. The molecule has 5 heteroatoms. The van der Waals surface area contributed by atoms with Crippen molar-refractivity contribution in [3.05, 3.63) is 20.8 Å². The molecule has 1 aliphatic carbocycles. The Bertz CT molecular complexity index is 388. The molecule has 2 N–H and O–H groups in total. The molecule has 0 bridgehead atoms. The van der Waals surface area contributed by atoms with E-state index in [0.29, 0.717) is 12.6 Å². The van der Waals surface area contributed by atoms with Gasteiger partial charge >= 0.3 is 0 Å². The van der Waals surface area contributed by atoms with Gasteiger partial charge in [0.05, 0.1) is 6.54 Å². The van der Waals surface area contributed by atoms with E-state index in [1.165, 1.54) is 30.6 Å². The number of hydrogen-bond acceptors (Lipinski definition) is 3. The van der Waals surface area contributed by atoms with Gasteiger partial charge in [-0.25, -0.2) is 0 Å². The highest BCUT2D eigenvalue weighted by molar-refractivity contribution is 9.10. The second-order valence-electron chi connectivity index (χ2n) is 4.54. The molecular formula is C12H17BrN2OS. The van der Waals surface area contributed by atoms with Gasteiger partial charge < -0.3 is 5.73 Å². The van der Waals surface area contributed by atoms with Crippen molar-refractivity contribution < 1.29 is 4.79 Å². The first-order valence-electron chi connectivity index (χ1n) is 5.90. The minimum atomic E-state index is -0.229. The molecule has 0 radical (unpaired) electrons. The number of nitrogens with zero attached hydrogens (tertiary/aromatic N) is 1. The van der Waals surface area contributed by atoms with Crippen molar-refractivity contribution in [3.8, 4) is 0 Å². The van der Waals surface area contributed by atoms with Crippen LogP contribution in [0, 0.1) is 0 Å². The number of amides is 1. The zero-order valence-electron chi connectivity index (χ0n) is 9.69. The molecule has 0 saturated heterocycles. The van der Waals surface area contributed by atoms with E-state index in [1.807, 2.05) is 0 Å². The Morgan fingerprint density at radius 2 is 2.24 bits per heavy atom. The quantitative estimate of drug-likeness (QED) is 0.908. The lowest BCUT2D eigenvalue weighted by Gasteiger charge is -2.26. The fourth-order valence-corrected chi connectivity index (χ4v) is 3.90. The lowest BCUT2D eigenvalue weighted by Crippen LogP contribution is -2.39. The number of nitrogens with two attached hydrogens (primary N) is 1. The number of carbonyl (C=O) groups is 1. The minimum absolute atomic E-state index is 0.229. The van der Waals surface area contributed by atoms with E-state index in [2.05, 4.69) is 32.3 Å². The highest BCUT2D eigenvalue weighted by Gasteiger charge is 2.24. The van der Waals surface area contributed by atoms with Crippen LogP contribution in [0.3, 0.4) is 0 Å². The van der Waals surface area contributed by atoms with Gasteiger partial charge in [0, 0.05) is 27.3 Å². The number of carbonyl (C=O) groups excluding carboxylic acids is 1. The zero-order valence-corrected chi connectivity index (χ0v) is 12.1. The summed E-state index contributed by atoms with van der Waals surface area (Å²) in [6.45, 7) is 1.21. The van der Waals surface area contributed by atoms with Crippen LogP contribution in [0.5, 0.6) is 0 Å². The third-order valence-corrected chi connectivity index (χ3v) is 4.86. The van der Waals surface area contributed by atoms with Crippen molar-refractivity contribution in [2.75, 3.05) is 6.54 Å². The van der Waals surface area contributed by atoms with E-state index in [0.717, 1.165) is 11.0 Å². The molecule has 94 valence electrons. The minimum Gasteiger partial charge on any atom is -0.369 e. The fourth-order valence-electron chi connectivity index (χ4n) is 2.42. The van der Waals surface area contributed by atoms with Crippen LogP contribution < -0.4 is 5.73 Å². The van der Waals surface area contributed by atoms with E-state index in [4.69, 9.17) is 5.73 Å². The van der Waals surface area contributed by atoms with Crippen LogP contribution in [0.4, 0.5) is 0 Å². The largest absolute Gasteiger partial charge is 0.369 e. The summed E-state index contributed by atoms with van der Waals surface area (Å²) in [4.78, 5) is 14.6. The number of hydrogen-bond donors (Lipinski definition) is 1. The number of primary amides is 1. The summed E-state index contributed by atoms with van der Waals surface area (Å²) < 4.78 is 1.11. The van der Waals surface area contributed by atoms with Crippen molar-refractivity contribution in [2.45, 2.75) is 38.3 Å². The van der Waals surface area contributed by atoms with E-state index in [9.17, 15) is 4.79 Å². The first kappa shape index (κ1) is 13.1. The molecule has 1 amide bonds. The van der Waals surface area contributed by atoms with Crippen molar-refractivity contribution in [2.24, 2.45) is 5.73 Å². The zero-order chi connectivity index (χ0) is 12.3. The first-order valence-corrected chi connectivity index (χ1v) is 7.57. The lowest BCUT2D eigenvalue weighted by atomic mass is 10.2. The highest BCUT2D eigenvalue weighted by atomic mass is 79.9. The summed E-state index contributed by atoms with van der Waals surface area (Å²) in [7, 11) is 0. The molecule has 1 aromatic rings. The van der Waals surface area contributed by atoms with E-state index in [-0.39, 0.29) is 5.91 Å². The van der Waals surface area contributed by atoms with Crippen LogP contribution in [0.2, 0.25) is 0 Å². The molecule has 0 unspecified atom stereocenters. The smallest absolute Gasteiger partial charge is 0.231 e. The van der Waals surface area contributed by atoms with Crippen LogP contribution in [-0.2, 0) is 11.3 Å². The maximum Gasteiger partial charge on any atom is 0.231 e. The Morgan fingerprint density at radius 3 is 2.76 bits per heavy atom. The van der Waals surface area contributed by atoms with Crippen LogP contribution in [-0.4, -0.2) is 23.4 Å². The topological polar surface area (TPSA) is 46.3 Å². The third-order valence-electron chi connectivity index (χ3n) is 3.18. The van der Waals surface area contributed by atoms with Gasteiger partial charge in [0.25, 0.3) is 0 Å². The van der Waals surface area contributed by atoms with Crippen LogP contribution >= 0.6 is 27.3 Å². The average Bonchev–Trinajstić information content (AvgIpc) is 2.87. The van der Waals surface area contributed by atoms with Gasteiger partial charge in [0.15, 0.2) is 0 Å². The van der Waals surface area contributed by atoms with Crippen LogP contribution in [0.1, 0.15) is 30.6 Å². The Labute approximate surface area is 114 Å². The van der Waals surface area contributed by atoms with Gasteiger partial charge in [0.1, 0.15) is 0 Å². The van der Waals surface area contributed by atoms with Gasteiger partial charge in [-0.2, -0.15) is 0 Å². The van der Waals surface area contributed by atoms with E-state index >= 15 is 0 Å². The Balaban J connectivity index is 2.01. The first-order chi connectivity index (χ1) is 8.15. The summed E-state index contributed by atoms with van der Waals surface area (Å²) in [6, 6.07) is 2.65. The van der Waals surface area contributed by atoms with Crippen LogP contribution in [0.15, 0.2) is 15.9 Å². The van der Waals surface area contributed by atoms with Gasteiger partial charge in [0.2, 0.25) is 5.91 Å². The average molecular weight is 317 g/mol. The van der Waals surface area contributed by atoms with E-state index in [1.54, 1.807) is 11.3 Å². The van der Waals surface area contributed by atoms with E-state index < -0.39 is 0 Å². The van der Waals surface area contributed by atoms with Crippen molar-refractivity contribution in [1.29, 1.82) is 0 Å². The number of halogens is 1. The molecule has 1 saturated carbocycles. The second kappa shape index (κ2) is 5.98. The van der Waals surface area contributed by atoms with Gasteiger partial charge in [-0.05, 0) is 34.8 Å². The summed E-state index contributed by atoms with van der Waals surface area (Å²) in [5.41, 5.74) is 5.33. The van der Waals surface area contributed by atoms with Gasteiger partial charge in [-0.3, -0.25) is 9.69 Å². The normalized spacial score (nSPS) is 16.8. The predicted molar refractivity (Wildman–Crippen MR) is 73.9 cm³/mol. The number of thiophene rings is 1. The Hall–Kier alpha value is -0.390. The maximum absolute atomic E-state index is 11.1. The second-order valence-corrected chi connectivity index (χ2v) is 6.45. The molecule has 17 heavy (non-hydrogen) atoms. The summed E-state index contributed by atoms with van der Waals surface area (Å²) in [6.07, 6.45) is 4.93. The summed E-state index contributed by atoms with van der Waals surface area (Å²) in [5.74, 6) is -0.229. The molecule has 0 atom stereocenters. The molecule has 0 aromatic carbocycles. The highest BCUT2D eigenvalue weighted by Crippen LogP contribution is 2.27. The van der Waals surface area contributed by atoms with Crippen molar-refractivity contribution in [3.63, 3.8) is 0 Å². The monoisotopic (exact) mass is 316 g/mol. The maximum atomic E-state index is 11.1. The van der Waals surface area contributed by atoms with Gasteiger partial charge in [-0.1, -0.05) is 12.8 Å². The molecule has 3 nitrogen and oxygen atoms in total. The molecule has 0 spiro atoms. The SMILES string of the molecule is NC(=O)CN(Cc1cc(Br)cs1)C1CCCC1. The molecule has 1 heterocycles. The molecular weight excluding hydrogens is 300 g/mol. The molecule has 1 aromatic heterocycles. The summed E-state index contributed by atoms with van der Waals surface area (Å²) in [5, 5.41) is 2.08. The molecule has 1 aliphatic rings. The molecule has 2 rings (SSSR count). The Morgan fingerprint density at radius 1 is 1.53 bits per heavy atom. The third kappa shape index (κ3) is 3.79. The summed E-state index contributed by atoms with van der Waals surface area (Å²) >= 11 is 5.18. The van der Waals surface area contributed by atoms with Crippen molar-refractivity contribution >= 4 is 33.2 Å². The van der Waals surface area contributed by atoms with Crippen LogP contribution in [0.25, 0.3) is 0 Å². The number of rotatable bonds is 5. The van der Waals surface area contributed by atoms with Crippen molar-refractivity contribution in [1.82, 2.24) is 4.90 Å². The molecule has 1 fully saturated rings. The predicted octanol–water partition coefficient (Wildman–Crippen LogP) is 2.74. The fraction of sp³-hybridized carbons (Fsp3) is 0.583. The van der Waals surface area contributed by atoms with Gasteiger partial charge in [-0.15, -0.1) is 11.3 Å².